The van der Waals surface area contributed by atoms with Crippen LogP contribution in [0.4, 0.5) is 0 Å². The summed E-state index contributed by atoms with van der Waals surface area (Å²) in [6.07, 6.45) is 0. The maximum atomic E-state index is 12.5. The Balaban J connectivity index is 1.88. The number of pyridine rings is 1. The molecule has 4 heteroatoms. The lowest BCUT2D eigenvalue weighted by Crippen LogP contribution is -2.23. The molecule has 3 rings (SSSR count). The zero-order valence-electron chi connectivity index (χ0n) is 13.9. The summed E-state index contributed by atoms with van der Waals surface area (Å²) in [5.74, 6) is 0.172. The van der Waals surface area contributed by atoms with Gasteiger partial charge in [0.15, 0.2) is 5.76 Å². The van der Waals surface area contributed by atoms with Crippen molar-refractivity contribution in [3.63, 3.8) is 0 Å². The molecule has 118 valence electrons. The summed E-state index contributed by atoms with van der Waals surface area (Å²) in [4.78, 5) is 16.9. The van der Waals surface area contributed by atoms with Gasteiger partial charge in [-0.15, -0.1) is 0 Å². The number of hydrogen-bond donors (Lipinski definition) is 1. The number of aryl methyl sites for hydroxylation is 4. The molecule has 2 aromatic heterocycles. The van der Waals surface area contributed by atoms with Gasteiger partial charge >= 0.3 is 0 Å². The molecule has 3 aromatic rings. The van der Waals surface area contributed by atoms with E-state index in [1.165, 1.54) is 0 Å². The molecule has 1 aromatic carbocycles. The molecular formula is C19H20N2O2. The number of amides is 1. The summed E-state index contributed by atoms with van der Waals surface area (Å²) in [7, 11) is 0. The molecule has 0 spiro atoms. The third-order valence-electron chi connectivity index (χ3n) is 4.06. The number of rotatable bonds is 3. The number of benzene rings is 1. The summed E-state index contributed by atoms with van der Waals surface area (Å²) in [5.41, 5.74) is 5.60. The van der Waals surface area contributed by atoms with Crippen molar-refractivity contribution in [3.8, 4) is 0 Å². The van der Waals surface area contributed by atoms with Crippen molar-refractivity contribution in [2.75, 3.05) is 0 Å². The monoisotopic (exact) mass is 308 g/mol. The number of carbonyl (C=O) groups is 1. The summed E-state index contributed by atoms with van der Waals surface area (Å²) in [6.45, 7) is 8.26. The fourth-order valence-electron chi connectivity index (χ4n) is 2.84. The second-order valence-corrected chi connectivity index (χ2v) is 5.91. The molecule has 0 atom stereocenters. The van der Waals surface area contributed by atoms with Crippen molar-refractivity contribution >= 4 is 16.9 Å². The molecule has 1 amide bonds. The van der Waals surface area contributed by atoms with Gasteiger partial charge in [-0.05, 0) is 51.0 Å². The molecule has 2 heterocycles. The molecule has 0 bridgehead atoms. The van der Waals surface area contributed by atoms with Crippen molar-refractivity contribution in [2.24, 2.45) is 0 Å². The van der Waals surface area contributed by atoms with Gasteiger partial charge in [-0.25, -0.2) is 0 Å². The van der Waals surface area contributed by atoms with Crippen LogP contribution in [0.15, 0.2) is 34.7 Å². The van der Waals surface area contributed by atoms with Crippen LogP contribution in [0.25, 0.3) is 11.0 Å². The minimum Gasteiger partial charge on any atom is -0.450 e. The van der Waals surface area contributed by atoms with Crippen LogP contribution in [0.1, 0.15) is 38.6 Å². The molecule has 0 saturated heterocycles. The van der Waals surface area contributed by atoms with Crippen molar-refractivity contribution in [2.45, 2.75) is 34.2 Å². The lowest BCUT2D eigenvalue weighted by Gasteiger charge is -2.04. The smallest absolute Gasteiger partial charge is 0.287 e. The van der Waals surface area contributed by atoms with E-state index >= 15 is 0 Å². The molecule has 0 aliphatic heterocycles. The standard InChI is InChI=1S/C19H20N2O2/c1-11-8-9-12(2)17-16(11)14(4)18(23-17)19(22)20-10-15-7-5-6-13(3)21-15/h5-9H,10H2,1-4H3,(H,20,22). The molecule has 1 N–H and O–H groups in total. The largest absolute Gasteiger partial charge is 0.450 e. The van der Waals surface area contributed by atoms with Crippen molar-refractivity contribution in [1.82, 2.24) is 10.3 Å². The van der Waals surface area contributed by atoms with Crippen LogP contribution >= 0.6 is 0 Å². The molecule has 23 heavy (non-hydrogen) atoms. The van der Waals surface area contributed by atoms with Crippen LogP contribution in [0, 0.1) is 27.7 Å². The van der Waals surface area contributed by atoms with E-state index in [9.17, 15) is 4.79 Å². The molecule has 0 aliphatic rings. The van der Waals surface area contributed by atoms with Gasteiger partial charge < -0.3 is 9.73 Å². The maximum Gasteiger partial charge on any atom is 0.287 e. The highest BCUT2D eigenvalue weighted by molar-refractivity contribution is 6.00. The SMILES string of the molecule is Cc1cccc(CNC(=O)c2oc3c(C)ccc(C)c3c2C)n1. The fourth-order valence-corrected chi connectivity index (χ4v) is 2.84. The average molecular weight is 308 g/mol. The Labute approximate surface area is 135 Å². The summed E-state index contributed by atoms with van der Waals surface area (Å²) >= 11 is 0. The van der Waals surface area contributed by atoms with Crippen LogP contribution in [-0.2, 0) is 6.54 Å². The van der Waals surface area contributed by atoms with Crippen molar-refractivity contribution < 1.29 is 9.21 Å². The van der Waals surface area contributed by atoms with E-state index in [1.54, 1.807) is 0 Å². The first-order chi connectivity index (χ1) is 11.0. The fraction of sp³-hybridized carbons (Fsp3) is 0.263. The number of furan rings is 1. The molecular weight excluding hydrogens is 288 g/mol. The normalized spacial score (nSPS) is 11.0. The van der Waals surface area contributed by atoms with Crippen molar-refractivity contribution in [3.05, 3.63) is 64.2 Å². The predicted octanol–water partition coefficient (Wildman–Crippen LogP) is 3.99. The number of hydrogen-bond acceptors (Lipinski definition) is 3. The Bertz CT molecular complexity index is 894. The third-order valence-corrected chi connectivity index (χ3v) is 4.06. The number of nitrogens with one attached hydrogen (secondary N) is 1. The second kappa shape index (κ2) is 5.88. The Hall–Kier alpha value is -2.62. The number of carbonyl (C=O) groups excluding carboxylic acids is 1. The molecule has 4 nitrogen and oxygen atoms in total. The van der Waals surface area contributed by atoms with Crippen molar-refractivity contribution in [1.29, 1.82) is 0 Å². The van der Waals surface area contributed by atoms with Gasteiger partial charge in [0.25, 0.3) is 5.91 Å². The first-order valence-corrected chi connectivity index (χ1v) is 7.67. The van der Waals surface area contributed by atoms with Gasteiger partial charge in [0.1, 0.15) is 5.58 Å². The Morgan fingerprint density at radius 3 is 2.52 bits per heavy atom. The summed E-state index contributed by atoms with van der Waals surface area (Å²) < 4.78 is 5.85. The van der Waals surface area contributed by atoms with E-state index < -0.39 is 0 Å². The van der Waals surface area contributed by atoms with E-state index in [0.29, 0.717) is 12.3 Å². The molecule has 0 fully saturated rings. The van der Waals surface area contributed by atoms with Crippen LogP contribution in [-0.4, -0.2) is 10.9 Å². The zero-order valence-corrected chi connectivity index (χ0v) is 13.9. The average Bonchev–Trinajstić information content (AvgIpc) is 2.88. The summed E-state index contributed by atoms with van der Waals surface area (Å²) in [6, 6.07) is 9.83. The van der Waals surface area contributed by atoms with E-state index in [2.05, 4.69) is 16.4 Å². The van der Waals surface area contributed by atoms with E-state index in [-0.39, 0.29) is 5.91 Å². The summed E-state index contributed by atoms with van der Waals surface area (Å²) in [5, 5.41) is 3.92. The second-order valence-electron chi connectivity index (χ2n) is 5.91. The van der Waals surface area contributed by atoms with Crippen LogP contribution < -0.4 is 5.32 Å². The lowest BCUT2D eigenvalue weighted by atomic mass is 10.0. The zero-order chi connectivity index (χ0) is 16.6. The Kier molecular flexibility index (Phi) is 3.90. The number of nitrogens with zero attached hydrogens (tertiary/aromatic N) is 1. The minimum absolute atomic E-state index is 0.208. The molecule has 0 unspecified atom stereocenters. The van der Waals surface area contributed by atoms with Gasteiger partial charge in [0.05, 0.1) is 12.2 Å². The van der Waals surface area contributed by atoms with E-state index in [4.69, 9.17) is 4.42 Å². The number of aromatic nitrogens is 1. The van der Waals surface area contributed by atoms with E-state index in [0.717, 1.165) is 39.0 Å². The highest BCUT2D eigenvalue weighted by Crippen LogP contribution is 2.30. The van der Waals surface area contributed by atoms with Crippen LogP contribution in [0.3, 0.4) is 0 Å². The van der Waals surface area contributed by atoms with Gasteiger partial charge in [-0.3, -0.25) is 9.78 Å². The predicted molar refractivity (Wildman–Crippen MR) is 90.6 cm³/mol. The lowest BCUT2D eigenvalue weighted by molar-refractivity contribution is 0.0924. The Morgan fingerprint density at radius 2 is 1.83 bits per heavy atom. The quantitative estimate of drug-likeness (QED) is 0.796. The molecule has 0 saturated carbocycles. The molecule has 0 aliphatic carbocycles. The molecule has 0 radical (unpaired) electrons. The first kappa shape index (κ1) is 15.3. The third kappa shape index (κ3) is 2.84. The van der Waals surface area contributed by atoms with Crippen LogP contribution in [0.5, 0.6) is 0 Å². The number of fused-ring (bicyclic) bond motifs is 1. The van der Waals surface area contributed by atoms with Crippen LogP contribution in [0.2, 0.25) is 0 Å². The van der Waals surface area contributed by atoms with E-state index in [1.807, 2.05) is 52.0 Å². The van der Waals surface area contributed by atoms with Gasteiger partial charge in [-0.2, -0.15) is 0 Å². The van der Waals surface area contributed by atoms with Gasteiger partial charge in [-0.1, -0.05) is 18.2 Å². The highest BCUT2D eigenvalue weighted by Gasteiger charge is 2.19. The Morgan fingerprint density at radius 1 is 1.09 bits per heavy atom. The first-order valence-electron chi connectivity index (χ1n) is 7.67. The maximum absolute atomic E-state index is 12.5. The van der Waals surface area contributed by atoms with Gasteiger partial charge in [0, 0.05) is 16.6 Å². The topological polar surface area (TPSA) is 55.1 Å². The minimum atomic E-state index is -0.208. The highest BCUT2D eigenvalue weighted by atomic mass is 16.3. The van der Waals surface area contributed by atoms with Gasteiger partial charge in [0.2, 0.25) is 0 Å².